The van der Waals surface area contributed by atoms with Gasteiger partial charge in [-0.05, 0) is 151 Å². The van der Waals surface area contributed by atoms with Gasteiger partial charge in [0.15, 0.2) is 0 Å². The number of hydrogen-bond acceptors (Lipinski definition) is 7. The third-order valence-corrected chi connectivity index (χ3v) is 19.1. The van der Waals surface area contributed by atoms with Gasteiger partial charge in [-0.2, -0.15) is 0 Å². The fourth-order valence-corrected chi connectivity index (χ4v) is 13.5. The second-order valence-corrected chi connectivity index (χ2v) is 24.5. The molecule has 0 spiro atoms. The van der Waals surface area contributed by atoms with Crippen LogP contribution in [0, 0.1) is 16.2 Å². The molecule has 0 saturated carbocycles. The average Bonchev–Trinajstić information content (AvgIpc) is 1.93. The van der Waals surface area contributed by atoms with Crippen molar-refractivity contribution in [1.29, 1.82) is 0 Å². The molecule has 0 aliphatic carbocycles. The van der Waals surface area contributed by atoms with Crippen LogP contribution in [0.4, 0.5) is 17.1 Å². The van der Waals surface area contributed by atoms with Gasteiger partial charge in [0.1, 0.15) is 0 Å². The Hall–Kier alpha value is -8.06. The zero-order chi connectivity index (χ0) is 57.1. The van der Waals surface area contributed by atoms with Crippen LogP contribution in [0.25, 0.3) is 82.5 Å². The first-order valence-electron chi connectivity index (χ1n) is 30.5. The van der Waals surface area contributed by atoms with Crippen LogP contribution in [0.15, 0.2) is 200 Å². The van der Waals surface area contributed by atoms with Crippen molar-refractivity contribution in [2.45, 2.75) is 59.9 Å². The number of para-hydroxylation sites is 3. The molecular weight excluding hydrogens is 1050 g/mol. The minimum Gasteiger partial charge on any atom is -0.380 e. The van der Waals surface area contributed by atoms with Gasteiger partial charge in [-0.3, -0.25) is 0 Å². The summed E-state index contributed by atoms with van der Waals surface area (Å²) in [4.78, 5) is 2.38. The second kappa shape index (κ2) is 22.1. The van der Waals surface area contributed by atoms with E-state index in [2.05, 4.69) is 240 Å². The summed E-state index contributed by atoms with van der Waals surface area (Å²) in [6.07, 6.45) is 3.17. The molecule has 3 fully saturated rings. The van der Waals surface area contributed by atoms with Crippen molar-refractivity contribution < 1.29 is 28.4 Å². The molecule has 9 aromatic carbocycles. The SMILES string of the molecule is CCC1(COCc2ccc3c(c2)c2ccccc2n3-c2ccc(N(c3ccc(-n4c5ccccc5c5ccc(COCC6(CC)COC6)cc54)cc3)c3ccc(-n4c5ccccc5c5c(COCC6(CC)COC6)cccc54)cc3)cc2)COC1. The van der Waals surface area contributed by atoms with Gasteiger partial charge in [-0.15, -0.1) is 0 Å². The highest BCUT2D eigenvalue weighted by atomic mass is 16.5. The fourth-order valence-electron chi connectivity index (χ4n) is 13.5. The normalized spacial score (nSPS) is 16.1. The lowest BCUT2D eigenvalue weighted by molar-refractivity contribution is -0.152. The van der Waals surface area contributed by atoms with Crippen LogP contribution in [0.3, 0.4) is 0 Å². The first-order valence-corrected chi connectivity index (χ1v) is 30.5. The predicted octanol–water partition coefficient (Wildman–Crippen LogP) is 17.3. The lowest BCUT2D eigenvalue weighted by atomic mass is 9.84. The van der Waals surface area contributed by atoms with Gasteiger partial charge in [0.25, 0.3) is 0 Å². The predicted molar refractivity (Wildman–Crippen MR) is 344 cm³/mol. The largest absolute Gasteiger partial charge is 0.380 e. The topological polar surface area (TPSA) is 73.4 Å². The van der Waals surface area contributed by atoms with Gasteiger partial charge < -0.3 is 47.0 Å². The molecule has 15 rings (SSSR count). The van der Waals surface area contributed by atoms with Gasteiger partial charge in [-0.25, -0.2) is 0 Å². The molecule has 10 heteroatoms. The first kappa shape index (κ1) is 53.7. The molecule has 12 aromatic rings. The quantitative estimate of drug-likeness (QED) is 0.0710. The van der Waals surface area contributed by atoms with E-state index in [0.29, 0.717) is 39.6 Å². The molecule has 6 heterocycles. The average molecular weight is 1130 g/mol. The van der Waals surface area contributed by atoms with E-state index in [4.69, 9.17) is 28.4 Å². The van der Waals surface area contributed by atoms with Crippen molar-refractivity contribution in [3.05, 3.63) is 217 Å². The molecule has 3 aromatic heterocycles. The van der Waals surface area contributed by atoms with Crippen molar-refractivity contribution in [1.82, 2.24) is 13.7 Å². The maximum atomic E-state index is 6.50. The molecule has 3 aliphatic heterocycles. The molecule has 0 radical (unpaired) electrons. The standard InChI is InChI=1S/C75H72N4O6/c1-4-73(46-83-47-73)43-80-40-52-23-37-69-65(38-52)62-16-8-11-19-67(62)77(69)58-30-24-55(25-31-58)76(56-26-32-59(33-27-56)78-68-20-12-9-17-64(68)72-54(14-13-21-70(72)78)42-82-45-75(6-3)50-85-51-75)57-28-34-60(35-29-57)79-66-18-10-7-15-61(66)63-36-22-53(39-71(63)79)41-81-44-74(5-2)48-84-49-74/h7-39H,4-6,40-51H2,1-3H3. The van der Waals surface area contributed by atoms with Crippen molar-refractivity contribution in [2.24, 2.45) is 16.2 Å². The number of anilines is 3. The Bertz CT molecular complexity index is 4340. The Morgan fingerprint density at radius 3 is 1.24 bits per heavy atom. The van der Waals surface area contributed by atoms with E-state index < -0.39 is 0 Å². The first-order chi connectivity index (χ1) is 41.9. The Morgan fingerprint density at radius 2 is 0.741 bits per heavy atom. The van der Waals surface area contributed by atoms with Crippen molar-refractivity contribution in [3.63, 3.8) is 0 Å². The van der Waals surface area contributed by atoms with Crippen molar-refractivity contribution in [2.75, 3.05) is 64.4 Å². The van der Waals surface area contributed by atoms with E-state index in [9.17, 15) is 0 Å². The molecule has 3 saturated heterocycles. The number of nitrogens with zero attached hydrogens (tertiary/aromatic N) is 4. The van der Waals surface area contributed by atoms with E-state index in [-0.39, 0.29) is 16.2 Å². The molecule has 0 unspecified atom stereocenters. The van der Waals surface area contributed by atoms with Crippen LogP contribution in [0.1, 0.15) is 56.7 Å². The minimum atomic E-state index is 0.121. The van der Waals surface area contributed by atoms with Crippen LogP contribution >= 0.6 is 0 Å². The molecular formula is C75H72N4O6. The number of aromatic nitrogens is 3. The van der Waals surface area contributed by atoms with Crippen LogP contribution in [-0.4, -0.2) is 73.2 Å². The number of benzene rings is 9. The molecule has 3 aliphatic rings. The summed E-state index contributed by atoms with van der Waals surface area (Å²) in [6, 6.07) is 73.7. The third-order valence-electron chi connectivity index (χ3n) is 19.1. The Morgan fingerprint density at radius 1 is 0.353 bits per heavy atom. The summed E-state index contributed by atoms with van der Waals surface area (Å²) in [7, 11) is 0. The molecule has 0 N–H and O–H groups in total. The molecule has 85 heavy (non-hydrogen) atoms. The summed E-state index contributed by atoms with van der Waals surface area (Å²) in [5.74, 6) is 0. The van der Waals surface area contributed by atoms with Crippen LogP contribution in [-0.2, 0) is 48.2 Å². The van der Waals surface area contributed by atoms with E-state index in [1.165, 1.54) is 54.5 Å². The highest BCUT2D eigenvalue weighted by molar-refractivity contribution is 6.12. The van der Waals surface area contributed by atoms with Gasteiger partial charge >= 0.3 is 0 Å². The molecule has 0 bridgehead atoms. The smallest absolute Gasteiger partial charge is 0.0723 e. The van der Waals surface area contributed by atoms with Crippen molar-refractivity contribution in [3.8, 4) is 17.1 Å². The number of hydrogen-bond donors (Lipinski definition) is 0. The lowest BCUT2D eigenvalue weighted by Gasteiger charge is -2.40. The third kappa shape index (κ3) is 9.51. The zero-order valence-corrected chi connectivity index (χ0v) is 48.9. The maximum Gasteiger partial charge on any atom is 0.0723 e. The van der Waals surface area contributed by atoms with Crippen molar-refractivity contribution >= 4 is 82.5 Å². The van der Waals surface area contributed by atoms with E-state index in [0.717, 1.165) is 121 Å². The van der Waals surface area contributed by atoms with Gasteiger partial charge in [0.2, 0.25) is 0 Å². The summed E-state index contributed by atoms with van der Waals surface area (Å²) in [5.41, 5.74) is 17.3. The van der Waals surface area contributed by atoms with Gasteiger partial charge in [0.05, 0.1) is 112 Å². The van der Waals surface area contributed by atoms with E-state index in [1.54, 1.807) is 0 Å². The van der Waals surface area contributed by atoms with Gasteiger partial charge in [0, 0.05) is 82.7 Å². The lowest BCUT2D eigenvalue weighted by Crippen LogP contribution is -2.45. The van der Waals surface area contributed by atoms with E-state index >= 15 is 0 Å². The summed E-state index contributed by atoms with van der Waals surface area (Å²) < 4.78 is 43.3. The van der Waals surface area contributed by atoms with Crippen LogP contribution in [0.5, 0.6) is 0 Å². The highest BCUT2D eigenvalue weighted by Gasteiger charge is 2.39. The van der Waals surface area contributed by atoms with E-state index in [1.807, 2.05) is 0 Å². The second-order valence-electron chi connectivity index (χ2n) is 24.5. The summed E-state index contributed by atoms with van der Waals surface area (Å²) >= 11 is 0. The maximum absolute atomic E-state index is 6.50. The Balaban J connectivity index is 0.793. The number of rotatable bonds is 21. The fraction of sp³-hybridized carbons (Fsp3) is 0.280. The minimum absolute atomic E-state index is 0.121. The molecule has 10 nitrogen and oxygen atoms in total. The highest BCUT2D eigenvalue weighted by Crippen LogP contribution is 2.42. The molecule has 0 atom stereocenters. The number of fused-ring (bicyclic) bond motifs is 9. The van der Waals surface area contributed by atoms with Crippen LogP contribution in [0.2, 0.25) is 0 Å². The number of ether oxygens (including phenoxy) is 6. The zero-order valence-electron chi connectivity index (χ0n) is 48.9. The molecule has 0 amide bonds. The monoisotopic (exact) mass is 1120 g/mol. The van der Waals surface area contributed by atoms with Gasteiger partial charge in [-0.1, -0.05) is 106 Å². The van der Waals surface area contributed by atoms with Crippen LogP contribution < -0.4 is 4.90 Å². The Labute approximate surface area is 496 Å². The Kier molecular flexibility index (Phi) is 13.9. The summed E-state index contributed by atoms with van der Waals surface area (Å²) in [5, 5.41) is 7.33. The molecule has 428 valence electrons. The summed E-state index contributed by atoms with van der Waals surface area (Å²) in [6.45, 7) is 15.1.